The summed E-state index contributed by atoms with van der Waals surface area (Å²) in [5.74, 6) is 0. The Balaban J connectivity index is 2.49. The van der Waals surface area contributed by atoms with Gasteiger partial charge >= 0.3 is 0 Å². The summed E-state index contributed by atoms with van der Waals surface area (Å²) in [4.78, 5) is 3.98. The predicted octanol–water partition coefficient (Wildman–Crippen LogP) is 2.73. The Labute approximate surface area is 122 Å². The van der Waals surface area contributed by atoms with Gasteiger partial charge in [-0.25, -0.2) is 8.42 Å². The maximum atomic E-state index is 12.4. The van der Waals surface area contributed by atoms with Crippen molar-refractivity contribution in [2.45, 2.75) is 18.7 Å². The Morgan fingerprint density at radius 3 is 2.65 bits per heavy atom. The van der Waals surface area contributed by atoms with E-state index in [0.29, 0.717) is 11.3 Å². The van der Waals surface area contributed by atoms with Crippen LogP contribution in [0.3, 0.4) is 0 Å². The highest BCUT2D eigenvalue weighted by atomic mass is 35.5. The fourth-order valence-corrected chi connectivity index (χ4v) is 3.41. The zero-order valence-electron chi connectivity index (χ0n) is 11.0. The van der Waals surface area contributed by atoms with Crippen LogP contribution in [0.1, 0.15) is 11.1 Å². The molecule has 7 heteroatoms. The molecule has 0 aliphatic rings. The number of nitrogen functional groups attached to an aromatic ring is 1. The van der Waals surface area contributed by atoms with E-state index in [-0.39, 0.29) is 15.6 Å². The molecule has 0 atom stereocenters. The fourth-order valence-electron chi connectivity index (χ4n) is 1.79. The first-order valence-electron chi connectivity index (χ1n) is 5.80. The number of pyridine rings is 1. The molecule has 0 saturated carbocycles. The average molecular weight is 312 g/mol. The monoisotopic (exact) mass is 311 g/mol. The van der Waals surface area contributed by atoms with Gasteiger partial charge in [0.25, 0.3) is 10.0 Å². The highest BCUT2D eigenvalue weighted by molar-refractivity contribution is 7.92. The van der Waals surface area contributed by atoms with E-state index in [9.17, 15) is 8.42 Å². The van der Waals surface area contributed by atoms with Gasteiger partial charge in [-0.3, -0.25) is 9.71 Å². The van der Waals surface area contributed by atoms with Gasteiger partial charge in [0.1, 0.15) is 0 Å². The molecule has 0 aliphatic heterocycles. The Hall–Kier alpha value is -1.79. The Morgan fingerprint density at radius 2 is 2.00 bits per heavy atom. The van der Waals surface area contributed by atoms with Crippen LogP contribution in [0, 0.1) is 13.8 Å². The molecule has 2 rings (SSSR count). The van der Waals surface area contributed by atoms with Gasteiger partial charge < -0.3 is 5.73 Å². The molecule has 20 heavy (non-hydrogen) atoms. The molecule has 1 heterocycles. The zero-order chi connectivity index (χ0) is 14.9. The van der Waals surface area contributed by atoms with E-state index in [4.69, 9.17) is 17.3 Å². The second-order valence-corrected chi connectivity index (χ2v) is 6.48. The molecule has 0 aliphatic carbocycles. The van der Waals surface area contributed by atoms with E-state index in [1.165, 1.54) is 24.5 Å². The molecular weight excluding hydrogens is 298 g/mol. The third-order valence-electron chi connectivity index (χ3n) is 2.94. The van der Waals surface area contributed by atoms with Crippen LogP contribution >= 0.6 is 11.6 Å². The van der Waals surface area contributed by atoms with Crippen LogP contribution in [0.2, 0.25) is 5.02 Å². The predicted molar refractivity (Wildman–Crippen MR) is 80.4 cm³/mol. The van der Waals surface area contributed by atoms with Crippen molar-refractivity contribution in [3.8, 4) is 0 Å². The lowest BCUT2D eigenvalue weighted by Crippen LogP contribution is -2.15. The Kier molecular flexibility index (Phi) is 3.87. The van der Waals surface area contributed by atoms with Crippen LogP contribution in [0.4, 0.5) is 11.4 Å². The maximum absolute atomic E-state index is 12.4. The minimum Gasteiger partial charge on any atom is -0.399 e. The minimum absolute atomic E-state index is 0.134. The van der Waals surface area contributed by atoms with Crippen LogP contribution < -0.4 is 10.5 Å². The van der Waals surface area contributed by atoms with Crippen molar-refractivity contribution in [2.24, 2.45) is 0 Å². The maximum Gasteiger partial charge on any atom is 0.262 e. The van der Waals surface area contributed by atoms with Crippen molar-refractivity contribution in [1.29, 1.82) is 0 Å². The van der Waals surface area contributed by atoms with Crippen molar-refractivity contribution >= 4 is 33.0 Å². The summed E-state index contributed by atoms with van der Waals surface area (Å²) in [5, 5.41) is 0.279. The summed E-state index contributed by atoms with van der Waals surface area (Å²) in [5.41, 5.74) is 7.80. The summed E-state index contributed by atoms with van der Waals surface area (Å²) in [6, 6.07) is 4.66. The molecular formula is C13H14ClN3O2S. The number of halogens is 1. The first kappa shape index (κ1) is 14.6. The van der Waals surface area contributed by atoms with Crippen LogP contribution in [-0.2, 0) is 10.0 Å². The van der Waals surface area contributed by atoms with Gasteiger partial charge in [-0.05, 0) is 43.2 Å². The molecule has 1 aromatic carbocycles. The van der Waals surface area contributed by atoms with E-state index in [1.807, 2.05) is 6.92 Å². The van der Waals surface area contributed by atoms with E-state index in [1.54, 1.807) is 13.0 Å². The number of nitrogens with two attached hydrogens (primary N) is 1. The number of rotatable bonds is 3. The number of sulfonamides is 1. The topological polar surface area (TPSA) is 85.1 Å². The van der Waals surface area contributed by atoms with E-state index >= 15 is 0 Å². The average Bonchev–Trinajstić information content (AvgIpc) is 2.36. The summed E-state index contributed by atoms with van der Waals surface area (Å²) in [6.07, 6.45) is 2.84. The van der Waals surface area contributed by atoms with Gasteiger partial charge in [0.15, 0.2) is 0 Å². The quantitative estimate of drug-likeness (QED) is 0.853. The summed E-state index contributed by atoms with van der Waals surface area (Å²) in [6.45, 7) is 3.54. The molecule has 1 aromatic heterocycles. The number of hydrogen-bond donors (Lipinski definition) is 2. The fraction of sp³-hybridized carbons (Fsp3) is 0.154. The first-order chi connectivity index (χ1) is 9.31. The standard InChI is InChI=1S/C13H14ClN3O2S/c1-8-5-10(15)6-13(9(8)2)20(18,19)17-12-7-16-4-3-11(12)14/h3-7,17H,15H2,1-2H3. The molecule has 0 spiro atoms. The number of nitrogens with one attached hydrogen (secondary N) is 1. The van der Waals surface area contributed by atoms with E-state index < -0.39 is 10.0 Å². The van der Waals surface area contributed by atoms with E-state index in [2.05, 4.69) is 9.71 Å². The largest absolute Gasteiger partial charge is 0.399 e. The molecule has 0 unspecified atom stereocenters. The SMILES string of the molecule is Cc1cc(N)cc(S(=O)(=O)Nc2cnccc2Cl)c1C. The second-order valence-electron chi connectivity index (χ2n) is 4.42. The zero-order valence-corrected chi connectivity index (χ0v) is 12.6. The van der Waals surface area contributed by atoms with Crippen molar-refractivity contribution < 1.29 is 8.42 Å². The van der Waals surface area contributed by atoms with Gasteiger partial charge in [0.05, 0.1) is 21.8 Å². The van der Waals surface area contributed by atoms with Crippen LogP contribution in [-0.4, -0.2) is 13.4 Å². The highest BCUT2D eigenvalue weighted by Gasteiger charge is 2.19. The molecule has 2 aromatic rings. The molecule has 0 bridgehead atoms. The summed E-state index contributed by atoms with van der Waals surface area (Å²) >= 11 is 5.93. The van der Waals surface area contributed by atoms with Crippen LogP contribution in [0.15, 0.2) is 35.5 Å². The molecule has 0 saturated heterocycles. The van der Waals surface area contributed by atoms with Gasteiger partial charge in [-0.15, -0.1) is 0 Å². The number of anilines is 2. The molecule has 0 fully saturated rings. The van der Waals surface area contributed by atoms with Crippen molar-refractivity contribution in [3.63, 3.8) is 0 Å². The Bertz CT molecular complexity index is 760. The smallest absolute Gasteiger partial charge is 0.262 e. The third kappa shape index (κ3) is 2.86. The second kappa shape index (κ2) is 5.30. The molecule has 3 N–H and O–H groups in total. The summed E-state index contributed by atoms with van der Waals surface area (Å²) < 4.78 is 27.3. The third-order valence-corrected chi connectivity index (χ3v) is 4.77. The molecule has 5 nitrogen and oxygen atoms in total. The normalized spacial score (nSPS) is 11.3. The number of hydrogen-bond acceptors (Lipinski definition) is 4. The lowest BCUT2D eigenvalue weighted by Gasteiger charge is -2.13. The first-order valence-corrected chi connectivity index (χ1v) is 7.66. The highest BCUT2D eigenvalue weighted by Crippen LogP contribution is 2.27. The van der Waals surface area contributed by atoms with Gasteiger partial charge in [-0.1, -0.05) is 11.6 Å². The van der Waals surface area contributed by atoms with Crippen molar-refractivity contribution in [1.82, 2.24) is 4.98 Å². The van der Waals surface area contributed by atoms with Crippen LogP contribution in [0.5, 0.6) is 0 Å². The summed E-state index contributed by atoms with van der Waals surface area (Å²) in [7, 11) is -3.77. The number of aromatic nitrogens is 1. The Morgan fingerprint density at radius 1 is 1.30 bits per heavy atom. The molecule has 106 valence electrons. The number of nitrogens with zero attached hydrogens (tertiary/aromatic N) is 1. The number of aryl methyl sites for hydroxylation is 1. The van der Waals surface area contributed by atoms with Crippen molar-refractivity contribution in [3.05, 3.63) is 46.7 Å². The molecule has 0 radical (unpaired) electrons. The lowest BCUT2D eigenvalue weighted by atomic mass is 10.1. The van der Waals surface area contributed by atoms with Gasteiger partial charge in [-0.2, -0.15) is 0 Å². The van der Waals surface area contributed by atoms with Gasteiger partial charge in [0, 0.05) is 11.9 Å². The van der Waals surface area contributed by atoms with E-state index in [0.717, 1.165) is 5.56 Å². The van der Waals surface area contributed by atoms with Gasteiger partial charge in [0.2, 0.25) is 0 Å². The van der Waals surface area contributed by atoms with Crippen LogP contribution in [0.25, 0.3) is 0 Å². The molecule has 0 amide bonds. The lowest BCUT2D eigenvalue weighted by molar-refractivity contribution is 0.600. The van der Waals surface area contributed by atoms with Crippen molar-refractivity contribution in [2.75, 3.05) is 10.5 Å². The minimum atomic E-state index is -3.77. The number of benzene rings is 1.